The Morgan fingerprint density at radius 1 is 1.59 bits per heavy atom. The summed E-state index contributed by atoms with van der Waals surface area (Å²) in [6.45, 7) is 1.88. The van der Waals surface area contributed by atoms with Crippen LogP contribution in [-0.4, -0.2) is 16.1 Å². The smallest absolute Gasteiger partial charge is 0.303 e. The first-order valence-electron chi connectivity index (χ1n) is 5.31. The lowest BCUT2D eigenvalue weighted by Gasteiger charge is -2.04. The SMILES string of the molecule is CC(CC(=O)O)Cc1nc2ccc(F)cc2s1. The van der Waals surface area contributed by atoms with E-state index in [0.717, 1.165) is 15.2 Å². The Morgan fingerprint density at radius 3 is 3.06 bits per heavy atom. The highest BCUT2D eigenvalue weighted by atomic mass is 32.1. The number of rotatable bonds is 4. The normalized spacial score (nSPS) is 12.8. The van der Waals surface area contributed by atoms with E-state index in [9.17, 15) is 9.18 Å². The molecular weight excluding hydrogens is 241 g/mol. The predicted molar refractivity (Wildman–Crippen MR) is 64.7 cm³/mol. The molecule has 17 heavy (non-hydrogen) atoms. The molecule has 0 aliphatic heterocycles. The predicted octanol–water partition coefficient (Wildman–Crippen LogP) is 3.09. The molecule has 0 saturated heterocycles. The fourth-order valence-corrected chi connectivity index (χ4v) is 2.86. The minimum absolute atomic E-state index is 0.0397. The van der Waals surface area contributed by atoms with Crippen LogP contribution in [0, 0.1) is 11.7 Å². The van der Waals surface area contributed by atoms with E-state index in [1.165, 1.54) is 23.5 Å². The zero-order valence-electron chi connectivity index (χ0n) is 9.31. The van der Waals surface area contributed by atoms with E-state index in [0.29, 0.717) is 6.42 Å². The molecule has 0 fully saturated rings. The van der Waals surface area contributed by atoms with Crippen molar-refractivity contribution in [1.29, 1.82) is 0 Å². The van der Waals surface area contributed by atoms with Gasteiger partial charge in [0.1, 0.15) is 5.82 Å². The second kappa shape index (κ2) is 4.79. The average Bonchev–Trinajstić information content (AvgIpc) is 2.57. The number of nitrogens with zero attached hydrogens (tertiary/aromatic N) is 1. The highest BCUT2D eigenvalue weighted by Gasteiger charge is 2.12. The number of aromatic nitrogens is 1. The summed E-state index contributed by atoms with van der Waals surface area (Å²) in [4.78, 5) is 14.9. The van der Waals surface area contributed by atoms with Gasteiger partial charge >= 0.3 is 5.97 Å². The van der Waals surface area contributed by atoms with Crippen LogP contribution in [0.3, 0.4) is 0 Å². The van der Waals surface area contributed by atoms with Crippen LogP contribution in [0.25, 0.3) is 10.2 Å². The largest absolute Gasteiger partial charge is 0.481 e. The lowest BCUT2D eigenvalue weighted by Crippen LogP contribution is -2.06. The number of carboxylic acid groups (broad SMARTS) is 1. The van der Waals surface area contributed by atoms with E-state index in [4.69, 9.17) is 5.11 Å². The van der Waals surface area contributed by atoms with Gasteiger partial charge in [-0.1, -0.05) is 6.92 Å². The van der Waals surface area contributed by atoms with Crippen molar-refractivity contribution >= 4 is 27.5 Å². The molecule has 1 aromatic heterocycles. The van der Waals surface area contributed by atoms with Gasteiger partial charge in [-0.3, -0.25) is 4.79 Å². The summed E-state index contributed by atoms with van der Waals surface area (Å²) in [5.74, 6) is -1.03. The summed E-state index contributed by atoms with van der Waals surface area (Å²) >= 11 is 1.42. The lowest BCUT2D eigenvalue weighted by atomic mass is 10.1. The Balaban J connectivity index is 2.16. The van der Waals surface area contributed by atoms with Gasteiger partial charge in [-0.15, -0.1) is 11.3 Å². The van der Waals surface area contributed by atoms with Crippen molar-refractivity contribution in [1.82, 2.24) is 4.98 Å². The Kier molecular flexibility index (Phi) is 3.38. The van der Waals surface area contributed by atoms with E-state index in [-0.39, 0.29) is 18.2 Å². The molecule has 0 spiro atoms. The number of halogens is 1. The summed E-state index contributed by atoms with van der Waals surface area (Å²) < 4.78 is 13.8. The molecule has 1 unspecified atom stereocenters. The van der Waals surface area contributed by atoms with Crippen LogP contribution in [0.2, 0.25) is 0 Å². The van der Waals surface area contributed by atoms with Crippen LogP contribution in [-0.2, 0) is 11.2 Å². The minimum Gasteiger partial charge on any atom is -0.481 e. The van der Waals surface area contributed by atoms with Gasteiger partial charge in [-0.2, -0.15) is 0 Å². The zero-order valence-corrected chi connectivity index (χ0v) is 10.1. The number of fused-ring (bicyclic) bond motifs is 1. The fourth-order valence-electron chi connectivity index (χ4n) is 1.70. The third-order valence-electron chi connectivity index (χ3n) is 2.44. The first-order valence-corrected chi connectivity index (χ1v) is 6.13. The van der Waals surface area contributed by atoms with Crippen LogP contribution in [0.5, 0.6) is 0 Å². The van der Waals surface area contributed by atoms with Crippen LogP contribution >= 0.6 is 11.3 Å². The van der Waals surface area contributed by atoms with Crippen LogP contribution in [0.1, 0.15) is 18.4 Å². The molecule has 0 bridgehead atoms. The van der Waals surface area contributed by atoms with E-state index in [1.807, 2.05) is 6.92 Å². The van der Waals surface area contributed by atoms with Gasteiger partial charge in [0, 0.05) is 12.8 Å². The Morgan fingerprint density at radius 2 is 2.35 bits per heavy atom. The number of hydrogen-bond acceptors (Lipinski definition) is 3. The summed E-state index contributed by atoms with van der Waals surface area (Å²) in [7, 11) is 0. The molecular formula is C12H12FNO2S. The van der Waals surface area contributed by atoms with Crippen molar-refractivity contribution in [3.63, 3.8) is 0 Å². The molecule has 2 rings (SSSR count). The van der Waals surface area contributed by atoms with E-state index in [1.54, 1.807) is 6.07 Å². The summed E-state index contributed by atoms with van der Waals surface area (Å²) in [6, 6.07) is 4.48. The first kappa shape index (κ1) is 12.0. The van der Waals surface area contributed by atoms with Crippen molar-refractivity contribution in [3.8, 4) is 0 Å². The van der Waals surface area contributed by atoms with Gasteiger partial charge in [0.25, 0.3) is 0 Å². The average molecular weight is 253 g/mol. The van der Waals surface area contributed by atoms with Gasteiger partial charge in [-0.05, 0) is 24.1 Å². The van der Waals surface area contributed by atoms with Gasteiger partial charge in [-0.25, -0.2) is 9.37 Å². The van der Waals surface area contributed by atoms with E-state index >= 15 is 0 Å². The van der Waals surface area contributed by atoms with Crippen molar-refractivity contribution in [2.45, 2.75) is 19.8 Å². The third kappa shape index (κ3) is 3.00. The summed E-state index contributed by atoms with van der Waals surface area (Å²) in [6.07, 6.45) is 0.748. The van der Waals surface area contributed by atoms with Crippen LogP contribution in [0.15, 0.2) is 18.2 Å². The van der Waals surface area contributed by atoms with E-state index in [2.05, 4.69) is 4.98 Å². The van der Waals surface area contributed by atoms with Crippen molar-refractivity contribution < 1.29 is 14.3 Å². The monoisotopic (exact) mass is 253 g/mol. The highest BCUT2D eigenvalue weighted by molar-refractivity contribution is 7.18. The van der Waals surface area contributed by atoms with Crippen LogP contribution < -0.4 is 0 Å². The van der Waals surface area contributed by atoms with Crippen molar-refractivity contribution in [3.05, 3.63) is 29.0 Å². The van der Waals surface area contributed by atoms with Gasteiger partial charge < -0.3 is 5.11 Å². The first-order chi connectivity index (χ1) is 8.04. The van der Waals surface area contributed by atoms with Gasteiger partial charge in [0.05, 0.1) is 15.2 Å². The van der Waals surface area contributed by atoms with Crippen molar-refractivity contribution in [2.24, 2.45) is 5.92 Å². The molecule has 1 heterocycles. The second-order valence-corrected chi connectivity index (χ2v) is 5.24. The molecule has 5 heteroatoms. The standard InChI is InChI=1S/C12H12FNO2S/c1-7(5-12(15)16)4-11-14-9-3-2-8(13)6-10(9)17-11/h2-3,6-7H,4-5H2,1H3,(H,15,16). The maximum Gasteiger partial charge on any atom is 0.303 e. The number of carbonyl (C=O) groups is 1. The molecule has 2 aromatic rings. The molecule has 0 amide bonds. The summed E-state index contributed by atoms with van der Waals surface area (Å²) in [5.41, 5.74) is 0.772. The number of carboxylic acids is 1. The zero-order chi connectivity index (χ0) is 12.4. The number of aliphatic carboxylic acids is 1. The van der Waals surface area contributed by atoms with Crippen LogP contribution in [0.4, 0.5) is 4.39 Å². The minimum atomic E-state index is -0.801. The Labute approximate surface area is 102 Å². The second-order valence-electron chi connectivity index (χ2n) is 4.13. The molecule has 0 radical (unpaired) electrons. The molecule has 90 valence electrons. The third-order valence-corrected chi connectivity index (χ3v) is 3.48. The summed E-state index contributed by atoms with van der Waals surface area (Å²) in [5, 5.41) is 9.53. The molecule has 1 aromatic carbocycles. The quantitative estimate of drug-likeness (QED) is 0.910. The topological polar surface area (TPSA) is 50.2 Å². The molecule has 1 atom stereocenters. The van der Waals surface area contributed by atoms with Crippen molar-refractivity contribution in [2.75, 3.05) is 0 Å². The van der Waals surface area contributed by atoms with Gasteiger partial charge in [0.2, 0.25) is 0 Å². The molecule has 1 N–H and O–H groups in total. The number of hydrogen-bond donors (Lipinski definition) is 1. The Bertz CT molecular complexity index is 552. The number of benzene rings is 1. The van der Waals surface area contributed by atoms with E-state index < -0.39 is 5.97 Å². The fraction of sp³-hybridized carbons (Fsp3) is 0.333. The molecule has 0 aliphatic rings. The maximum atomic E-state index is 13.0. The lowest BCUT2D eigenvalue weighted by molar-refractivity contribution is -0.137. The van der Waals surface area contributed by atoms with Gasteiger partial charge in [0.15, 0.2) is 0 Å². The molecule has 0 saturated carbocycles. The Hall–Kier alpha value is -1.49. The number of thiazole rings is 1. The highest BCUT2D eigenvalue weighted by Crippen LogP contribution is 2.25. The molecule has 3 nitrogen and oxygen atoms in total. The maximum absolute atomic E-state index is 13.0. The molecule has 0 aliphatic carbocycles.